The van der Waals surface area contributed by atoms with Crippen LogP contribution in [0.1, 0.15) is 91.9 Å². The maximum atomic E-state index is 11.3. The fourth-order valence-electron chi connectivity index (χ4n) is 2.71. The van der Waals surface area contributed by atoms with Crippen LogP contribution in [-0.4, -0.2) is 11.1 Å². The molecule has 0 amide bonds. The molecule has 0 aromatic rings. The van der Waals surface area contributed by atoms with E-state index in [0.29, 0.717) is 5.92 Å². The van der Waals surface area contributed by atoms with Gasteiger partial charge in [-0.25, -0.2) is 0 Å². The van der Waals surface area contributed by atoms with E-state index in [2.05, 4.69) is 27.7 Å². The molecule has 0 heterocycles. The predicted molar refractivity (Wildman–Crippen MR) is 87.0 cm³/mol. The minimum Gasteiger partial charge on any atom is -0.481 e. The van der Waals surface area contributed by atoms with Gasteiger partial charge in [-0.1, -0.05) is 72.6 Å². The molecule has 2 unspecified atom stereocenters. The summed E-state index contributed by atoms with van der Waals surface area (Å²) in [7, 11) is 0. The van der Waals surface area contributed by atoms with Crippen LogP contribution in [0, 0.1) is 17.8 Å². The first-order valence-electron chi connectivity index (χ1n) is 8.70. The average Bonchev–Trinajstić information content (AvgIpc) is 2.37. The Morgan fingerprint density at radius 2 is 1.45 bits per heavy atom. The molecule has 0 radical (unpaired) electrons. The Morgan fingerprint density at radius 3 is 2.00 bits per heavy atom. The second kappa shape index (κ2) is 12.2. The first-order chi connectivity index (χ1) is 9.47. The highest BCUT2D eigenvalue weighted by atomic mass is 16.4. The van der Waals surface area contributed by atoms with E-state index in [1.165, 1.54) is 38.5 Å². The van der Waals surface area contributed by atoms with E-state index in [0.717, 1.165) is 31.6 Å². The zero-order valence-electron chi connectivity index (χ0n) is 14.2. The molecule has 0 saturated heterocycles. The number of carboxylic acid groups (broad SMARTS) is 1. The van der Waals surface area contributed by atoms with Crippen molar-refractivity contribution in [2.45, 2.75) is 91.9 Å². The quantitative estimate of drug-likeness (QED) is 0.427. The molecule has 0 bridgehead atoms. The Morgan fingerprint density at radius 1 is 0.850 bits per heavy atom. The molecular formula is C18H36O2. The minimum atomic E-state index is -0.588. The Labute approximate surface area is 126 Å². The van der Waals surface area contributed by atoms with Crippen LogP contribution < -0.4 is 0 Å². The van der Waals surface area contributed by atoms with Gasteiger partial charge < -0.3 is 5.11 Å². The van der Waals surface area contributed by atoms with Crippen molar-refractivity contribution in [1.29, 1.82) is 0 Å². The molecule has 120 valence electrons. The predicted octanol–water partition coefficient (Wildman–Crippen LogP) is 5.90. The number of hydrogen-bond donors (Lipinski definition) is 1. The summed E-state index contributed by atoms with van der Waals surface area (Å²) < 4.78 is 0. The van der Waals surface area contributed by atoms with Crippen molar-refractivity contribution in [3.63, 3.8) is 0 Å². The van der Waals surface area contributed by atoms with Gasteiger partial charge in [-0.3, -0.25) is 4.79 Å². The SMILES string of the molecule is CCCCCC(C)CCC(CCCCC(C)C)C(=O)O. The molecular weight excluding hydrogens is 248 g/mol. The molecule has 0 aliphatic carbocycles. The van der Waals surface area contributed by atoms with Crippen molar-refractivity contribution >= 4 is 5.97 Å². The van der Waals surface area contributed by atoms with Gasteiger partial charge in [0, 0.05) is 0 Å². The number of rotatable bonds is 13. The van der Waals surface area contributed by atoms with Crippen molar-refractivity contribution in [2.75, 3.05) is 0 Å². The van der Waals surface area contributed by atoms with Gasteiger partial charge >= 0.3 is 5.97 Å². The highest BCUT2D eigenvalue weighted by Crippen LogP contribution is 2.22. The molecule has 0 aliphatic rings. The van der Waals surface area contributed by atoms with E-state index in [1.54, 1.807) is 0 Å². The van der Waals surface area contributed by atoms with Crippen molar-refractivity contribution in [1.82, 2.24) is 0 Å². The molecule has 0 aliphatic heterocycles. The van der Waals surface area contributed by atoms with E-state index >= 15 is 0 Å². The molecule has 1 N–H and O–H groups in total. The van der Waals surface area contributed by atoms with E-state index in [1.807, 2.05) is 0 Å². The summed E-state index contributed by atoms with van der Waals surface area (Å²) in [5.41, 5.74) is 0. The van der Waals surface area contributed by atoms with Gasteiger partial charge in [-0.2, -0.15) is 0 Å². The van der Waals surface area contributed by atoms with Crippen molar-refractivity contribution < 1.29 is 9.90 Å². The lowest BCUT2D eigenvalue weighted by Gasteiger charge is -2.16. The molecule has 2 heteroatoms. The molecule has 0 fully saturated rings. The second-order valence-corrected chi connectivity index (χ2v) is 6.89. The van der Waals surface area contributed by atoms with Crippen LogP contribution in [-0.2, 0) is 4.79 Å². The smallest absolute Gasteiger partial charge is 0.306 e. The highest BCUT2D eigenvalue weighted by Gasteiger charge is 2.17. The van der Waals surface area contributed by atoms with Crippen LogP contribution in [0.25, 0.3) is 0 Å². The number of hydrogen-bond acceptors (Lipinski definition) is 1. The standard InChI is InChI=1S/C18H36O2/c1-5-6-7-11-16(4)13-14-17(18(19)20)12-9-8-10-15(2)3/h15-17H,5-14H2,1-4H3,(H,19,20). The van der Waals surface area contributed by atoms with Gasteiger partial charge in [-0.15, -0.1) is 0 Å². The first kappa shape index (κ1) is 19.5. The van der Waals surface area contributed by atoms with Crippen LogP contribution in [0.5, 0.6) is 0 Å². The summed E-state index contributed by atoms with van der Waals surface area (Å²) in [4.78, 5) is 11.3. The van der Waals surface area contributed by atoms with Crippen molar-refractivity contribution in [3.8, 4) is 0 Å². The fourth-order valence-corrected chi connectivity index (χ4v) is 2.71. The number of carbonyl (C=O) groups is 1. The molecule has 0 saturated carbocycles. The van der Waals surface area contributed by atoms with Crippen molar-refractivity contribution in [2.24, 2.45) is 17.8 Å². The maximum Gasteiger partial charge on any atom is 0.306 e. The Kier molecular flexibility index (Phi) is 11.9. The van der Waals surface area contributed by atoms with Gasteiger partial charge in [0.1, 0.15) is 0 Å². The summed E-state index contributed by atoms with van der Waals surface area (Å²) in [6, 6.07) is 0. The maximum absolute atomic E-state index is 11.3. The largest absolute Gasteiger partial charge is 0.481 e. The van der Waals surface area contributed by atoms with Gasteiger partial charge in [0.25, 0.3) is 0 Å². The molecule has 2 nitrogen and oxygen atoms in total. The van der Waals surface area contributed by atoms with Crippen LogP contribution in [0.2, 0.25) is 0 Å². The first-order valence-corrected chi connectivity index (χ1v) is 8.70. The number of carboxylic acids is 1. The fraction of sp³-hybridized carbons (Fsp3) is 0.944. The molecule has 20 heavy (non-hydrogen) atoms. The van der Waals surface area contributed by atoms with E-state index < -0.39 is 5.97 Å². The van der Waals surface area contributed by atoms with E-state index in [4.69, 9.17) is 0 Å². The summed E-state index contributed by atoms with van der Waals surface area (Å²) in [5.74, 6) is 0.710. The third kappa shape index (κ3) is 11.3. The Balaban J connectivity index is 3.81. The summed E-state index contributed by atoms with van der Waals surface area (Å²) in [5, 5.41) is 9.31. The van der Waals surface area contributed by atoms with E-state index in [9.17, 15) is 9.90 Å². The Bertz CT molecular complexity index is 236. The topological polar surface area (TPSA) is 37.3 Å². The van der Waals surface area contributed by atoms with Crippen LogP contribution in [0.15, 0.2) is 0 Å². The zero-order chi connectivity index (χ0) is 15.4. The minimum absolute atomic E-state index is 0.115. The monoisotopic (exact) mass is 284 g/mol. The van der Waals surface area contributed by atoms with Crippen LogP contribution in [0.3, 0.4) is 0 Å². The van der Waals surface area contributed by atoms with Gasteiger partial charge in [-0.05, 0) is 31.1 Å². The summed E-state index contributed by atoms with van der Waals surface area (Å²) in [6.07, 6.45) is 11.4. The molecule has 2 atom stereocenters. The zero-order valence-corrected chi connectivity index (χ0v) is 14.2. The molecule has 0 aromatic heterocycles. The van der Waals surface area contributed by atoms with E-state index in [-0.39, 0.29) is 5.92 Å². The van der Waals surface area contributed by atoms with Gasteiger partial charge in [0.05, 0.1) is 5.92 Å². The summed E-state index contributed by atoms with van der Waals surface area (Å²) >= 11 is 0. The molecule has 0 rings (SSSR count). The highest BCUT2D eigenvalue weighted by molar-refractivity contribution is 5.69. The van der Waals surface area contributed by atoms with Gasteiger partial charge in [0.15, 0.2) is 0 Å². The van der Waals surface area contributed by atoms with Crippen LogP contribution >= 0.6 is 0 Å². The Hall–Kier alpha value is -0.530. The lowest BCUT2D eigenvalue weighted by Crippen LogP contribution is -2.15. The lowest BCUT2D eigenvalue weighted by molar-refractivity contribution is -0.142. The number of aliphatic carboxylic acids is 1. The second-order valence-electron chi connectivity index (χ2n) is 6.89. The van der Waals surface area contributed by atoms with Gasteiger partial charge in [0.2, 0.25) is 0 Å². The average molecular weight is 284 g/mol. The van der Waals surface area contributed by atoms with Crippen molar-refractivity contribution in [3.05, 3.63) is 0 Å². The third-order valence-electron chi connectivity index (χ3n) is 4.24. The normalized spacial score (nSPS) is 14.4. The molecule has 0 spiro atoms. The van der Waals surface area contributed by atoms with Crippen LogP contribution in [0.4, 0.5) is 0 Å². The lowest BCUT2D eigenvalue weighted by atomic mass is 9.90. The third-order valence-corrected chi connectivity index (χ3v) is 4.24. The summed E-state index contributed by atoms with van der Waals surface area (Å²) in [6.45, 7) is 8.95. The number of unbranched alkanes of at least 4 members (excludes halogenated alkanes) is 3. The molecule has 0 aromatic carbocycles.